The molecule has 0 spiro atoms. The molecule has 330 valence electrons. The van der Waals surface area contributed by atoms with Crippen LogP contribution < -0.4 is 10.6 Å². The number of amides is 4. The van der Waals surface area contributed by atoms with Crippen LogP contribution in [0.25, 0.3) is 44.3 Å². The predicted molar refractivity (Wildman–Crippen MR) is 240 cm³/mol. The van der Waals surface area contributed by atoms with E-state index in [0.29, 0.717) is 13.1 Å². The molecule has 7 rings (SSSR count). The molecule has 2 fully saturated rings. The zero-order valence-corrected chi connectivity index (χ0v) is 37.7. The molecule has 2 aliphatic heterocycles. The summed E-state index contributed by atoms with van der Waals surface area (Å²) >= 11 is 0. The quantitative estimate of drug-likeness (QED) is 0.108. The minimum atomic E-state index is -0.719. The van der Waals surface area contributed by atoms with Crippen molar-refractivity contribution in [3.8, 4) is 22.3 Å². The molecule has 0 saturated carbocycles. The molecule has 62 heavy (non-hydrogen) atoms. The van der Waals surface area contributed by atoms with Crippen LogP contribution >= 0.6 is 0 Å². The van der Waals surface area contributed by atoms with E-state index < -0.39 is 35.5 Å². The van der Waals surface area contributed by atoms with Crippen LogP contribution in [0.15, 0.2) is 60.7 Å². The summed E-state index contributed by atoms with van der Waals surface area (Å²) in [6, 6.07) is 18.8. The number of likely N-dealkylation sites (tertiary alicyclic amines) is 2. The van der Waals surface area contributed by atoms with Gasteiger partial charge in [0.25, 0.3) is 0 Å². The molecule has 4 N–H and O–H groups in total. The first-order chi connectivity index (χ1) is 29.2. The van der Waals surface area contributed by atoms with Gasteiger partial charge in [-0.15, -0.1) is 0 Å². The number of carbonyl (C=O) groups excluding carboxylic acids is 4. The van der Waals surface area contributed by atoms with Gasteiger partial charge in [-0.05, 0) is 126 Å². The molecule has 0 bridgehead atoms. The highest BCUT2D eigenvalue weighted by molar-refractivity contribution is 5.88. The second-order valence-electron chi connectivity index (χ2n) is 19.4. The molecule has 14 heteroatoms. The molecule has 3 aromatic carbocycles. The monoisotopic (exact) mass is 846 g/mol. The number of H-pyrrole nitrogens is 2. The Balaban J connectivity index is 1.04. The normalized spacial score (nSPS) is 18.1. The number of imidazole rings is 2. The molecule has 0 radical (unpaired) electrons. The van der Waals surface area contributed by atoms with Crippen molar-refractivity contribution in [1.82, 2.24) is 40.4 Å². The average Bonchev–Trinajstić information content (AvgIpc) is 4.02. The van der Waals surface area contributed by atoms with Crippen molar-refractivity contribution in [2.45, 2.75) is 130 Å². The zero-order valence-electron chi connectivity index (χ0n) is 37.7. The number of rotatable bonds is 10. The van der Waals surface area contributed by atoms with E-state index >= 15 is 0 Å². The molecule has 4 heterocycles. The summed E-state index contributed by atoms with van der Waals surface area (Å²) in [6.45, 7) is 19.6. The number of nitrogens with one attached hydrogen (secondary N) is 4. The van der Waals surface area contributed by atoms with Gasteiger partial charge in [-0.2, -0.15) is 0 Å². The third-order valence-electron chi connectivity index (χ3n) is 11.5. The van der Waals surface area contributed by atoms with Crippen molar-refractivity contribution in [3.05, 3.63) is 72.3 Å². The van der Waals surface area contributed by atoms with Gasteiger partial charge in [0.05, 0.1) is 34.2 Å². The van der Waals surface area contributed by atoms with Crippen LogP contribution in [0.2, 0.25) is 0 Å². The van der Waals surface area contributed by atoms with Crippen LogP contribution in [-0.2, 0) is 19.1 Å². The van der Waals surface area contributed by atoms with E-state index in [1.807, 2.05) is 49.6 Å². The van der Waals surface area contributed by atoms with E-state index in [1.54, 1.807) is 41.5 Å². The highest BCUT2D eigenvalue weighted by atomic mass is 16.6. The number of aromatic amines is 2. The van der Waals surface area contributed by atoms with Crippen LogP contribution in [0, 0.1) is 11.8 Å². The van der Waals surface area contributed by atoms with E-state index in [0.717, 1.165) is 81.7 Å². The van der Waals surface area contributed by atoms with E-state index in [2.05, 4.69) is 69.1 Å². The van der Waals surface area contributed by atoms with Crippen molar-refractivity contribution in [2.24, 2.45) is 11.8 Å². The van der Waals surface area contributed by atoms with Crippen LogP contribution in [0.3, 0.4) is 0 Å². The molecule has 4 amide bonds. The van der Waals surface area contributed by atoms with Gasteiger partial charge in [-0.25, -0.2) is 19.6 Å². The standard InChI is InChI=1S/C48H62N8O6/c1-27(2)39(53-45(59)61-47(5,6)7)43(57)55-23-11-13-37(55)41-49-33-21-19-31(25-35(33)51-41)29-15-17-30(18-16-29)32-20-22-34-36(26-32)52-42(50-34)38-14-12-24-56(38)44(58)40(28(3)4)54-46(60)62-48(8,9)10/h15-22,25-28,37-40H,11-14,23-24H2,1-10H3,(H,49,51)(H,50,52)(H,53,59)(H,54,60)/t37-,38-,39-,40-/m0/s1. The highest BCUT2D eigenvalue weighted by Gasteiger charge is 2.39. The Morgan fingerprint density at radius 2 is 0.952 bits per heavy atom. The van der Waals surface area contributed by atoms with Gasteiger partial charge in [0.2, 0.25) is 11.8 Å². The van der Waals surface area contributed by atoms with E-state index in [4.69, 9.17) is 19.4 Å². The van der Waals surface area contributed by atoms with Crippen LogP contribution in [0.4, 0.5) is 9.59 Å². The summed E-state index contributed by atoms with van der Waals surface area (Å²) < 4.78 is 10.9. The maximum absolute atomic E-state index is 13.9. The molecule has 5 aromatic rings. The van der Waals surface area contributed by atoms with Gasteiger partial charge in [0.15, 0.2) is 0 Å². The number of hydrogen-bond acceptors (Lipinski definition) is 8. The number of nitrogens with zero attached hydrogens (tertiary/aromatic N) is 4. The number of ether oxygens (including phenoxy) is 2. The molecule has 2 aromatic heterocycles. The molecular formula is C48H62N8O6. The average molecular weight is 847 g/mol. The SMILES string of the molecule is CC(C)[C@H](NC(=O)OC(C)(C)C)C(=O)N1CCC[C@H]1c1nc2ccc(-c3ccc(-c4ccc5nc([C@@H]6CCCN6C(=O)[C@@H](NC(=O)OC(C)(C)C)C(C)C)[nH]c5c4)cc3)cc2[nH]1. The lowest BCUT2D eigenvalue weighted by Crippen LogP contribution is -2.52. The van der Waals surface area contributed by atoms with Gasteiger partial charge >= 0.3 is 12.2 Å². The van der Waals surface area contributed by atoms with Crippen molar-refractivity contribution in [2.75, 3.05) is 13.1 Å². The minimum Gasteiger partial charge on any atom is -0.444 e. The Hall–Kier alpha value is -5.92. The van der Waals surface area contributed by atoms with E-state index in [9.17, 15) is 19.2 Å². The zero-order chi connectivity index (χ0) is 44.7. The van der Waals surface area contributed by atoms with Crippen molar-refractivity contribution in [3.63, 3.8) is 0 Å². The third-order valence-corrected chi connectivity index (χ3v) is 11.5. The first-order valence-electron chi connectivity index (χ1n) is 21.9. The number of hydrogen-bond donors (Lipinski definition) is 4. The van der Waals surface area contributed by atoms with Crippen molar-refractivity contribution < 1.29 is 28.7 Å². The number of aromatic nitrogens is 4. The second kappa shape index (κ2) is 17.5. The van der Waals surface area contributed by atoms with E-state index in [1.165, 1.54) is 0 Å². The molecule has 4 atom stereocenters. The predicted octanol–water partition coefficient (Wildman–Crippen LogP) is 9.20. The Bertz CT molecular complexity index is 2270. The summed E-state index contributed by atoms with van der Waals surface area (Å²) in [5.41, 5.74) is 6.23. The minimum absolute atomic E-state index is 0.130. The lowest BCUT2D eigenvalue weighted by molar-refractivity contribution is -0.136. The third kappa shape index (κ3) is 9.90. The van der Waals surface area contributed by atoms with Gasteiger partial charge in [0, 0.05) is 13.1 Å². The highest BCUT2D eigenvalue weighted by Crippen LogP contribution is 2.36. The summed E-state index contributed by atoms with van der Waals surface area (Å²) in [7, 11) is 0. The summed E-state index contributed by atoms with van der Waals surface area (Å²) in [6.07, 6.45) is 2.02. The summed E-state index contributed by atoms with van der Waals surface area (Å²) in [4.78, 5) is 73.6. The lowest BCUT2D eigenvalue weighted by atomic mass is 10.00. The fraction of sp³-hybridized carbons (Fsp3) is 0.500. The lowest BCUT2D eigenvalue weighted by Gasteiger charge is -2.31. The number of fused-ring (bicyclic) bond motifs is 2. The first-order valence-corrected chi connectivity index (χ1v) is 21.9. The molecule has 2 aliphatic rings. The van der Waals surface area contributed by atoms with Crippen LogP contribution in [-0.4, -0.2) is 90.1 Å². The van der Waals surface area contributed by atoms with Crippen LogP contribution in [0.1, 0.15) is 119 Å². The van der Waals surface area contributed by atoms with Crippen molar-refractivity contribution in [1.29, 1.82) is 0 Å². The van der Waals surface area contributed by atoms with Gasteiger partial charge in [-0.1, -0.05) is 64.1 Å². The summed E-state index contributed by atoms with van der Waals surface area (Å²) in [5.74, 6) is 0.931. The molecular weight excluding hydrogens is 785 g/mol. The fourth-order valence-corrected chi connectivity index (χ4v) is 8.47. The molecule has 0 unspecified atom stereocenters. The molecule has 0 aliphatic carbocycles. The fourth-order valence-electron chi connectivity index (χ4n) is 8.47. The Morgan fingerprint density at radius 3 is 1.29 bits per heavy atom. The maximum atomic E-state index is 13.9. The topological polar surface area (TPSA) is 175 Å². The Morgan fingerprint density at radius 1 is 0.597 bits per heavy atom. The second-order valence-corrected chi connectivity index (χ2v) is 19.4. The summed E-state index contributed by atoms with van der Waals surface area (Å²) in [5, 5.41) is 5.63. The van der Waals surface area contributed by atoms with Gasteiger partial charge in [-0.3, -0.25) is 9.59 Å². The largest absolute Gasteiger partial charge is 0.444 e. The van der Waals surface area contributed by atoms with Crippen molar-refractivity contribution >= 4 is 46.1 Å². The molecule has 14 nitrogen and oxygen atoms in total. The van der Waals surface area contributed by atoms with Gasteiger partial charge in [0.1, 0.15) is 34.9 Å². The number of carbonyl (C=O) groups is 4. The maximum Gasteiger partial charge on any atom is 0.408 e. The molecule has 2 saturated heterocycles. The first kappa shape index (κ1) is 44.1. The number of benzene rings is 3. The van der Waals surface area contributed by atoms with Gasteiger partial charge < -0.3 is 39.9 Å². The Labute approximate surface area is 363 Å². The number of alkyl carbamates (subject to hydrolysis) is 2. The smallest absolute Gasteiger partial charge is 0.408 e. The Kier molecular flexibility index (Phi) is 12.4. The van der Waals surface area contributed by atoms with E-state index in [-0.39, 0.29) is 35.7 Å². The van der Waals surface area contributed by atoms with Crippen LogP contribution in [0.5, 0.6) is 0 Å².